The number of anilines is 2. The summed E-state index contributed by atoms with van der Waals surface area (Å²) >= 11 is 0. The quantitative estimate of drug-likeness (QED) is 0.155. The summed E-state index contributed by atoms with van der Waals surface area (Å²) in [6.07, 6.45) is 0. The summed E-state index contributed by atoms with van der Waals surface area (Å²) in [5, 5.41) is 7.02. The Balaban J connectivity index is 1.14. The second-order valence-corrected chi connectivity index (χ2v) is 21.3. The van der Waals surface area contributed by atoms with Crippen molar-refractivity contribution < 1.29 is 8.83 Å². The van der Waals surface area contributed by atoms with E-state index < -0.39 is 0 Å². The fourth-order valence-corrected chi connectivity index (χ4v) is 11.9. The molecule has 64 heavy (non-hydrogen) atoms. The molecule has 0 saturated carbocycles. The van der Waals surface area contributed by atoms with Crippen LogP contribution in [0.1, 0.15) is 77.6 Å². The fourth-order valence-electron chi connectivity index (χ4n) is 11.9. The Kier molecular flexibility index (Phi) is 6.72. The predicted molar refractivity (Wildman–Crippen MR) is 269 cm³/mol. The van der Waals surface area contributed by atoms with Crippen molar-refractivity contribution in [2.45, 2.75) is 71.6 Å². The lowest BCUT2D eigenvalue weighted by Crippen LogP contribution is -2.60. The van der Waals surface area contributed by atoms with Crippen LogP contribution < -0.4 is 15.7 Å². The molecule has 308 valence electrons. The van der Waals surface area contributed by atoms with E-state index in [0.717, 1.165) is 55.3 Å². The van der Waals surface area contributed by atoms with Crippen molar-refractivity contribution in [1.82, 2.24) is 4.57 Å². The van der Waals surface area contributed by atoms with E-state index in [2.05, 4.69) is 204 Å². The van der Waals surface area contributed by atoms with Crippen LogP contribution in [-0.4, -0.2) is 11.4 Å². The van der Waals surface area contributed by atoms with Gasteiger partial charge in [-0.25, -0.2) is 0 Å². The van der Waals surface area contributed by atoms with Crippen molar-refractivity contribution >= 4 is 94.8 Å². The SMILES string of the molecule is CC(C)(C)c1ccc(N2B3c4cc5c(cc4-n4c6cc7c(cc6c6ccc(c3c64)-c3cc4c(cc32)oc2cc(C(C)(C)C)ccc24)oc2ccccc27)-c2ccccc2C5(C)C)cc1. The molecule has 0 bridgehead atoms. The predicted octanol–water partition coefficient (Wildman–Crippen LogP) is 14.7. The molecule has 0 amide bonds. The third kappa shape index (κ3) is 4.59. The van der Waals surface area contributed by atoms with Crippen molar-refractivity contribution in [2.24, 2.45) is 0 Å². The number of benzene rings is 8. The minimum atomic E-state index is -0.172. The largest absolute Gasteiger partial charge is 0.456 e. The van der Waals surface area contributed by atoms with Gasteiger partial charge in [0, 0.05) is 66.4 Å². The molecule has 0 N–H and O–H groups in total. The molecule has 0 saturated heterocycles. The number of aromatic nitrogens is 1. The number of nitrogens with zero attached hydrogens (tertiary/aromatic N) is 2. The molecule has 2 aliphatic heterocycles. The zero-order valence-corrected chi connectivity index (χ0v) is 37.6. The van der Waals surface area contributed by atoms with Crippen LogP contribution in [0.2, 0.25) is 0 Å². The molecule has 0 radical (unpaired) electrons. The summed E-state index contributed by atoms with van der Waals surface area (Å²) in [5.41, 5.74) is 22.7. The number of hydrogen-bond donors (Lipinski definition) is 0. The number of para-hydroxylation sites is 1. The Labute approximate surface area is 372 Å². The zero-order valence-electron chi connectivity index (χ0n) is 37.6. The van der Waals surface area contributed by atoms with E-state index in [-0.39, 0.29) is 23.1 Å². The van der Waals surface area contributed by atoms with Crippen LogP contribution in [0.25, 0.3) is 93.6 Å². The highest BCUT2D eigenvalue weighted by molar-refractivity contribution is 6.93. The molecule has 8 aromatic carbocycles. The highest BCUT2D eigenvalue weighted by Gasteiger charge is 2.46. The zero-order chi connectivity index (χ0) is 43.3. The second-order valence-electron chi connectivity index (χ2n) is 21.3. The highest BCUT2D eigenvalue weighted by atomic mass is 16.3. The molecule has 5 heteroatoms. The molecule has 3 aromatic heterocycles. The Morgan fingerprint density at radius 3 is 1.95 bits per heavy atom. The maximum atomic E-state index is 6.90. The minimum absolute atomic E-state index is 0.00677. The summed E-state index contributed by atoms with van der Waals surface area (Å²) in [7, 11) is 0. The number of rotatable bonds is 1. The van der Waals surface area contributed by atoms with Crippen molar-refractivity contribution in [2.75, 3.05) is 4.81 Å². The van der Waals surface area contributed by atoms with E-state index in [1.165, 1.54) is 82.9 Å². The number of furan rings is 2. The minimum Gasteiger partial charge on any atom is -0.456 e. The lowest BCUT2D eigenvalue weighted by atomic mass is 9.43. The monoisotopic (exact) mass is 826 g/mol. The van der Waals surface area contributed by atoms with Crippen molar-refractivity contribution in [3.05, 3.63) is 162 Å². The van der Waals surface area contributed by atoms with E-state index >= 15 is 0 Å². The van der Waals surface area contributed by atoms with Gasteiger partial charge in [-0.2, -0.15) is 0 Å². The van der Waals surface area contributed by atoms with Gasteiger partial charge in [-0.1, -0.05) is 140 Å². The van der Waals surface area contributed by atoms with Gasteiger partial charge in [0.05, 0.1) is 11.0 Å². The summed E-state index contributed by atoms with van der Waals surface area (Å²) in [6, 6.07) is 53.0. The van der Waals surface area contributed by atoms with E-state index in [1.54, 1.807) is 0 Å². The third-order valence-electron chi connectivity index (χ3n) is 15.3. The molecule has 0 atom stereocenters. The fraction of sp³-hybridized carbons (Fsp3) is 0.186. The van der Waals surface area contributed by atoms with Crippen LogP contribution in [0, 0.1) is 0 Å². The molecule has 0 fully saturated rings. The van der Waals surface area contributed by atoms with Gasteiger partial charge in [-0.15, -0.1) is 0 Å². The normalized spacial score (nSPS) is 14.9. The first-order valence-corrected chi connectivity index (χ1v) is 22.9. The molecule has 3 aliphatic rings. The number of fused-ring (bicyclic) bond motifs is 17. The lowest BCUT2D eigenvalue weighted by Gasteiger charge is -2.42. The maximum Gasteiger partial charge on any atom is 0.333 e. The summed E-state index contributed by atoms with van der Waals surface area (Å²) < 4.78 is 16.1. The lowest BCUT2D eigenvalue weighted by molar-refractivity contribution is 0.587. The van der Waals surface area contributed by atoms with Gasteiger partial charge in [0.2, 0.25) is 0 Å². The Morgan fingerprint density at radius 1 is 0.469 bits per heavy atom. The molecule has 11 aromatic rings. The maximum absolute atomic E-state index is 6.90. The van der Waals surface area contributed by atoms with Gasteiger partial charge in [0.1, 0.15) is 22.3 Å². The Bertz CT molecular complexity index is 3900. The summed E-state index contributed by atoms with van der Waals surface area (Å²) in [6.45, 7) is 18.4. The first-order valence-electron chi connectivity index (χ1n) is 22.9. The number of hydrogen-bond acceptors (Lipinski definition) is 3. The molecule has 0 spiro atoms. The average Bonchev–Trinajstić information content (AvgIpc) is 3.99. The first-order chi connectivity index (χ1) is 30.7. The van der Waals surface area contributed by atoms with E-state index in [1.807, 2.05) is 0 Å². The average molecular weight is 827 g/mol. The van der Waals surface area contributed by atoms with Gasteiger partial charge >= 0.3 is 6.85 Å². The molecule has 5 heterocycles. The topological polar surface area (TPSA) is 34.5 Å². The molecule has 1 aliphatic carbocycles. The van der Waals surface area contributed by atoms with Crippen LogP contribution in [-0.2, 0) is 16.2 Å². The molecule has 0 unspecified atom stereocenters. The second kappa shape index (κ2) is 11.8. The van der Waals surface area contributed by atoms with Gasteiger partial charge in [-0.3, -0.25) is 0 Å². The van der Waals surface area contributed by atoms with Crippen molar-refractivity contribution in [1.29, 1.82) is 0 Å². The van der Waals surface area contributed by atoms with Crippen LogP contribution in [0.3, 0.4) is 0 Å². The van der Waals surface area contributed by atoms with Crippen LogP contribution in [0.5, 0.6) is 0 Å². The molecule has 4 nitrogen and oxygen atoms in total. The smallest absolute Gasteiger partial charge is 0.333 e. The van der Waals surface area contributed by atoms with Gasteiger partial charge in [0.15, 0.2) is 0 Å². The molecular weight excluding hydrogens is 779 g/mol. The van der Waals surface area contributed by atoms with E-state index in [9.17, 15) is 0 Å². The molecule has 14 rings (SSSR count). The van der Waals surface area contributed by atoms with Crippen LogP contribution in [0.15, 0.2) is 148 Å². The van der Waals surface area contributed by atoms with E-state index in [4.69, 9.17) is 8.83 Å². The Hall–Kier alpha value is -6.98. The summed E-state index contributed by atoms with van der Waals surface area (Å²) in [4.78, 5) is 2.64. The highest BCUT2D eigenvalue weighted by Crippen LogP contribution is 2.52. The molecular formula is C59H47BN2O2. The summed E-state index contributed by atoms with van der Waals surface area (Å²) in [5.74, 6) is 0. The van der Waals surface area contributed by atoms with Crippen molar-refractivity contribution in [3.63, 3.8) is 0 Å². The Morgan fingerprint density at radius 2 is 1.14 bits per heavy atom. The van der Waals surface area contributed by atoms with Crippen LogP contribution in [0.4, 0.5) is 11.4 Å². The standard InChI is InChI=1S/C59H47BN2O2/c1-57(2,3)32-17-20-34(21-18-32)62-49-31-54-43(37-22-19-33(58(4,5)6)25-52(37)64-54)26-41(49)38-23-24-39-42-29-53-44(36-14-10-12-16-51(36)63-53)28-48(42)61-50-27-40-35-13-9-11-15-45(35)59(7,8)46(40)30-47(50)60(62)55(38)56(39)61/h9-31H,1-8H3. The van der Waals surface area contributed by atoms with Gasteiger partial charge in [0.25, 0.3) is 0 Å². The van der Waals surface area contributed by atoms with Gasteiger partial charge < -0.3 is 18.2 Å². The van der Waals surface area contributed by atoms with Gasteiger partial charge in [-0.05, 0) is 109 Å². The third-order valence-corrected chi connectivity index (χ3v) is 15.3. The van der Waals surface area contributed by atoms with Crippen molar-refractivity contribution in [3.8, 4) is 27.9 Å². The first kappa shape index (κ1) is 36.5. The van der Waals surface area contributed by atoms with Crippen LogP contribution >= 0.6 is 0 Å². The van der Waals surface area contributed by atoms with E-state index in [0.29, 0.717) is 0 Å².